The molecule has 0 aliphatic carbocycles. The Morgan fingerprint density at radius 3 is 2.00 bits per heavy atom. The molecule has 1 heterocycles. The molecule has 0 unspecified atom stereocenters. The molecule has 0 N–H and O–H groups in total. The van der Waals surface area contributed by atoms with E-state index in [2.05, 4.69) is 12.1 Å². The molecule has 4 nitrogen and oxygen atoms in total. The van der Waals surface area contributed by atoms with Crippen molar-refractivity contribution < 1.29 is 14.3 Å². The second kappa shape index (κ2) is 7.71. The summed E-state index contributed by atoms with van der Waals surface area (Å²) in [6.45, 7) is 5.62. The SMILES string of the molecule is COc1ccc2c(c1)c(-c1ccccc1)c(-c1ccccc1)n2C(=O)OC(C)(C)C. The fourth-order valence-corrected chi connectivity index (χ4v) is 3.66. The first-order valence-electron chi connectivity index (χ1n) is 9.95. The molecule has 0 bridgehead atoms. The van der Waals surface area contributed by atoms with Gasteiger partial charge in [0.05, 0.1) is 18.3 Å². The molecule has 4 heteroatoms. The van der Waals surface area contributed by atoms with E-state index in [1.165, 1.54) is 0 Å². The van der Waals surface area contributed by atoms with E-state index in [0.717, 1.165) is 39.0 Å². The van der Waals surface area contributed by atoms with Crippen molar-refractivity contribution in [3.63, 3.8) is 0 Å². The highest BCUT2D eigenvalue weighted by Crippen LogP contribution is 2.42. The maximum absolute atomic E-state index is 13.4. The zero-order chi connectivity index (χ0) is 21.3. The maximum Gasteiger partial charge on any atom is 0.419 e. The van der Waals surface area contributed by atoms with E-state index < -0.39 is 11.7 Å². The van der Waals surface area contributed by atoms with Gasteiger partial charge in [0.2, 0.25) is 0 Å². The van der Waals surface area contributed by atoms with Crippen LogP contribution in [0.2, 0.25) is 0 Å². The summed E-state index contributed by atoms with van der Waals surface area (Å²) in [6.07, 6.45) is -0.404. The topological polar surface area (TPSA) is 40.5 Å². The number of rotatable bonds is 3. The lowest BCUT2D eigenvalue weighted by Gasteiger charge is -2.21. The molecule has 0 aliphatic rings. The number of aromatic nitrogens is 1. The molecule has 30 heavy (non-hydrogen) atoms. The fourth-order valence-electron chi connectivity index (χ4n) is 3.66. The number of fused-ring (bicyclic) bond motifs is 1. The summed E-state index contributed by atoms with van der Waals surface area (Å²) < 4.78 is 13.0. The number of carbonyl (C=O) groups excluding carboxylic acids is 1. The van der Waals surface area contributed by atoms with Crippen molar-refractivity contribution in [2.24, 2.45) is 0 Å². The minimum absolute atomic E-state index is 0.404. The average molecular weight is 399 g/mol. The second-order valence-corrected chi connectivity index (χ2v) is 8.15. The molecule has 0 saturated heterocycles. The van der Waals surface area contributed by atoms with Gasteiger partial charge in [-0.25, -0.2) is 9.36 Å². The van der Waals surface area contributed by atoms with Crippen molar-refractivity contribution >= 4 is 17.0 Å². The van der Waals surface area contributed by atoms with Crippen LogP contribution in [0.4, 0.5) is 4.79 Å². The summed E-state index contributed by atoms with van der Waals surface area (Å²) in [5.41, 5.74) is 3.92. The van der Waals surface area contributed by atoms with Crippen LogP contribution in [0.1, 0.15) is 20.8 Å². The van der Waals surface area contributed by atoms with Crippen molar-refractivity contribution in [1.29, 1.82) is 0 Å². The van der Waals surface area contributed by atoms with E-state index in [-0.39, 0.29) is 0 Å². The van der Waals surface area contributed by atoms with Gasteiger partial charge in [-0.1, -0.05) is 60.7 Å². The van der Waals surface area contributed by atoms with E-state index >= 15 is 0 Å². The number of hydrogen-bond donors (Lipinski definition) is 0. The van der Waals surface area contributed by atoms with Crippen LogP contribution in [0.5, 0.6) is 5.75 Å². The van der Waals surface area contributed by atoms with Crippen LogP contribution in [0.3, 0.4) is 0 Å². The summed E-state index contributed by atoms with van der Waals surface area (Å²) in [4.78, 5) is 13.4. The highest BCUT2D eigenvalue weighted by Gasteiger charge is 2.27. The molecule has 152 valence electrons. The molecule has 0 radical (unpaired) electrons. The lowest BCUT2D eigenvalue weighted by Crippen LogP contribution is -2.27. The number of benzene rings is 3. The van der Waals surface area contributed by atoms with Crippen molar-refractivity contribution in [2.75, 3.05) is 7.11 Å². The van der Waals surface area contributed by atoms with Gasteiger partial charge >= 0.3 is 6.09 Å². The number of hydrogen-bond acceptors (Lipinski definition) is 3. The molecule has 0 aliphatic heterocycles. The largest absolute Gasteiger partial charge is 0.497 e. The number of methoxy groups -OCH3 is 1. The lowest BCUT2D eigenvalue weighted by molar-refractivity contribution is 0.0547. The van der Waals surface area contributed by atoms with Crippen LogP contribution in [-0.2, 0) is 4.74 Å². The Balaban J connectivity index is 2.12. The highest BCUT2D eigenvalue weighted by molar-refractivity contribution is 6.09. The second-order valence-electron chi connectivity index (χ2n) is 8.15. The molecular formula is C26H25NO3. The van der Waals surface area contributed by atoms with Crippen molar-refractivity contribution in [2.45, 2.75) is 26.4 Å². The Morgan fingerprint density at radius 2 is 1.43 bits per heavy atom. The van der Waals surface area contributed by atoms with E-state index in [9.17, 15) is 4.79 Å². The van der Waals surface area contributed by atoms with Crippen molar-refractivity contribution in [1.82, 2.24) is 4.57 Å². The number of nitrogens with zero attached hydrogens (tertiary/aromatic N) is 1. The van der Waals surface area contributed by atoms with Crippen LogP contribution in [0.15, 0.2) is 78.9 Å². The third kappa shape index (κ3) is 3.69. The third-order valence-corrected chi connectivity index (χ3v) is 4.86. The Morgan fingerprint density at radius 1 is 0.833 bits per heavy atom. The predicted octanol–water partition coefficient (Wildman–Crippen LogP) is 6.77. The first-order valence-corrected chi connectivity index (χ1v) is 9.95. The molecular weight excluding hydrogens is 374 g/mol. The zero-order valence-electron chi connectivity index (χ0n) is 17.7. The molecule has 4 aromatic rings. The van der Waals surface area contributed by atoms with Gasteiger partial charge in [0, 0.05) is 10.9 Å². The molecule has 0 saturated carbocycles. The normalized spacial score (nSPS) is 11.5. The smallest absolute Gasteiger partial charge is 0.419 e. The summed E-state index contributed by atoms with van der Waals surface area (Å²) in [7, 11) is 1.65. The fraction of sp³-hybridized carbons (Fsp3) is 0.192. The summed E-state index contributed by atoms with van der Waals surface area (Å²) >= 11 is 0. The highest BCUT2D eigenvalue weighted by atomic mass is 16.6. The minimum atomic E-state index is -0.610. The van der Waals surface area contributed by atoms with Crippen LogP contribution in [-0.4, -0.2) is 23.4 Å². The molecule has 0 spiro atoms. The van der Waals surface area contributed by atoms with Gasteiger partial charge in [-0.15, -0.1) is 0 Å². The van der Waals surface area contributed by atoms with E-state index in [1.54, 1.807) is 11.7 Å². The number of ether oxygens (including phenoxy) is 2. The van der Waals surface area contributed by atoms with Gasteiger partial charge in [-0.3, -0.25) is 0 Å². The Bertz CT molecular complexity index is 1190. The standard InChI is InChI=1S/C26H25NO3/c1-26(2,3)30-25(28)27-22-16-15-20(29-4)17-21(22)23(18-11-7-5-8-12-18)24(27)19-13-9-6-10-14-19/h5-17H,1-4H3. The van der Waals surface area contributed by atoms with Crippen LogP contribution < -0.4 is 4.74 Å². The van der Waals surface area contributed by atoms with Gasteiger partial charge in [0.1, 0.15) is 11.4 Å². The monoisotopic (exact) mass is 399 g/mol. The van der Waals surface area contributed by atoms with Crippen LogP contribution in [0, 0.1) is 0 Å². The average Bonchev–Trinajstić information content (AvgIpc) is 3.08. The van der Waals surface area contributed by atoms with Gasteiger partial charge < -0.3 is 9.47 Å². The van der Waals surface area contributed by atoms with Crippen LogP contribution >= 0.6 is 0 Å². The molecule has 0 atom stereocenters. The van der Waals surface area contributed by atoms with E-state index in [1.807, 2.05) is 87.5 Å². The van der Waals surface area contributed by atoms with Gasteiger partial charge in [-0.05, 0) is 50.1 Å². The van der Waals surface area contributed by atoms with Gasteiger partial charge in [-0.2, -0.15) is 0 Å². The van der Waals surface area contributed by atoms with E-state index in [0.29, 0.717) is 0 Å². The molecule has 1 aromatic heterocycles. The summed E-state index contributed by atoms with van der Waals surface area (Å²) in [6, 6.07) is 25.8. The number of carbonyl (C=O) groups is 1. The predicted molar refractivity (Wildman–Crippen MR) is 121 cm³/mol. The zero-order valence-corrected chi connectivity index (χ0v) is 17.7. The lowest BCUT2D eigenvalue weighted by atomic mass is 9.98. The Labute approximate surface area is 176 Å². The van der Waals surface area contributed by atoms with E-state index in [4.69, 9.17) is 9.47 Å². The summed E-state index contributed by atoms with van der Waals surface area (Å²) in [5, 5.41) is 0.935. The van der Waals surface area contributed by atoms with Crippen LogP contribution in [0.25, 0.3) is 33.3 Å². The molecule has 4 rings (SSSR count). The molecule has 3 aromatic carbocycles. The summed E-state index contributed by atoms with van der Waals surface area (Å²) in [5.74, 6) is 0.737. The minimum Gasteiger partial charge on any atom is -0.497 e. The molecule has 0 amide bonds. The quantitative estimate of drug-likeness (QED) is 0.382. The van der Waals surface area contributed by atoms with Crippen molar-refractivity contribution in [3.8, 4) is 28.1 Å². The maximum atomic E-state index is 13.4. The van der Waals surface area contributed by atoms with Gasteiger partial charge in [0.15, 0.2) is 0 Å². The third-order valence-electron chi connectivity index (χ3n) is 4.86. The first-order chi connectivity index (χ1) is 14.4. The van der Waals surface area contributed by atoms with Gasteiger partial charge in [0.25, 0.3) is 0 Å². The Hall–Kier alpha value is -3.53. The molecule has 0 fully saturated rings. The van der Waals surface area contributed by atoms with Crippen molar-refractivity contribution in [3.05, 3.63) is 78.9 Å². The first kappa shape index (κ1) is 19.8. The Kier molecular flexibility index (Phi) is 5.08.